The highest BCUT2D eigenvalue weighted by molar-refractivity contribution is 8.00. The van der Waals surface area contributed by atoms with Gasteiger partial charge in [-0.1, -0.05) is 30.0 Å². The van der Waals surface area contributed by atoms with Gasteiger partial charge in [0.1, 0.15) is 0 Å². The first-order chi connectivity index (χ1) is 6.45. The van der Waals surface area contributed by atoms with Gasteiger partial charge in [0.25, 0.3) is 0 Å². The molecular formula is C12H12S. The zero-order valence-corrected chi connectivity index (χ0v) is 8.31. The van der Waals surface area contributed by atoms with E-state index in [0.29, 0.717) is 5.25 Å². The van der Waals surface area contributed by atoms with Gasteiger partial charge in [0.15, 0.2) is 0 Å². The molecule has 1 heterocycles. The van der Waals surface area contributed by atoms with Crippen LogP contribution in [0.1, 0.15) is 18.4 Å². The number of hydrogen-bond donors (Lipinski definition) is 0. The molecule has 0 radical (unpaired) electrons. The van der Waals surface area contributed by atoms with Gasteiger partial charge in [-0.2, -0.15) is 0 Å². The highest BCUT2D eigenvalue weighted by Gasteiger charge is 2.11. The lowest BCUT2D eigenvalue weighted by Crippen LogP contribution is -1.89. The molecular weight excluding hydrogens is 176 g/mol. The normalized spacial score (nSPS) is 20.8. The highest BCUT2D eigenvalue weighted by Crippen LogP contribution is 2.25. The van der Waals surface area contributed by atoms with E-state index in [1.807, 2.05) is 30.0 Å². The molecule has 0 N–H and O–H groups in total. The second-order valence-electron chi connectivity index (χ2n) is 3.14. The fourth-order valence-electron chi connectivity index (χ4n) is 1.38. The molecule has 13 heavy (non-hydrogen) atoms. The average molecular weight is 188 g/mol. The Balaban J connectivity index is 2.03. The van der Waals surface area contributed by atoms with Crippen molar-refractivity contribution in [2.45, 2.75) is 18.1 Å². The summed E-state index contributed by atoms with van der Waals surface area (Å²) in [4.78, 5) is 0. The van der Waals surface area contributed by atoms with E-state index in [1.165, 1.54) is 18.6 Å². The van der Waals surface area contributed by atoms with Gasteiger partial charge in [-0.05, 0) is 30.7 Å². The largest absolute Gasteiger partial charge is 0.145 e. The van der Waals surface area contributed by atoms with Crippen LogP contribution in [0.25, 0.3) is 0 Å². The van der Waals surface area contributed by atoms with E-state index < -0.39 is 0 Å². The second-order valence-corrected chi connectivity index (χ2v) is 4.45. The molecule has 0 saturated carbocycles. The quantitative estimate of drug-likeness (QED) is 0.564. The highest BCUT2D eigenvalue weighted by atomic mass is 32.2. The topological polar surface area (TPSA) is 0 Å². The third-order valence-corrected chi connectivity index (χ3v) is 3.36. The molecule has 1 aromatic rings. The summed E-state index contributed by atoms with van der Waals surface area (Å²) in [7, 11) is 0. The number of benzene rings is 1. The van der Waals surface area contributed by atoms with Crippen molar-refractivity contribution < 1.29 is 0 Å². The molecule has 1 fully saturated rings. The van der Waals surface area contributed by atoms with Gasteiger partial charge in [-0.25, -0.2) is 0 Å². The molecule has 66 valence electrons. The third-order valence-electron chi connectivity index (χ3n) is 2.08. The van der Waals surface area contributed by atoms with E-state index in [9.17, 15) is 0 Å². The summed E-state index contributed by atoms with van der Waals surface area (Å²) >= 11 is 1.99. The molecule has 0 spiro atoms. The third kappa shape index (κ3) is 2.54. The average Bonchev–Trinajstić information content (AvgIpc) is 2.69. The van der Waals surface area contributed by atoms with Gasteiger partial charge < -0.3 is 0 Å². The SMILES string of the molecule is C(#CC1CCCS1)c1ccccc1. The maximum atomic E-state index is 3.31. The number of rotatable bonds is 0. The predicted octanol–water partition coefficient (Wildman–Crippen LogP) is 2.93. The van der Waals surface area contributed by atoms with Crippen LogP contribution in [-0.2, 0) is 0 Å². The Morgan fingerprint density at radius 1 is 1.23 bits per heavy atom. The number of hydrogen-bond acceptors (Lipinski definition) is 1. The van der Waals surface area contributed by atoms with E-state index in [0.717, 1.165) is 5.56 Å². The Labute approximate surface area is 83.7 Å². The Morgan fingerprint density at radius 2 is 2.08 bits per heavy atom. The van der Waals surface area contributed by atoms with Crippen molar-refractivity contribution in [1.29, 1.82) is 0 Å². The molecule has 1 heteroatoms. The molecule has 1 aromatic carbocycles. The summed E-state index contributed by atoms with van der Waals surface area (Å²) in [6.07, 6.45) is 2.60. The molecule has 1 atom stereocenters. The van der Waals surface area contributed by atoms with Gasteiger partial charge in [-0.3, -0.25) is 0 Å². The zero-order valence-electron chi connectivity index (χ0n) is 7.49. The summed E-state index contributed by atoms with van der Waals surface area (Å²) < 4.78 is 0. The van der Waals surface area contributed by atoms with Crippen LogP contribution in [0.15, 0.2) is 30.3 Å². The van der Waals surface area contributed by atoms with Crippen LogP contribution < -0.4 is 0 Å². The first-order valence-corrected chi connectivity index (χ1v) is 5.68. The smallest absolute Gasteiger partial charge is 0.0661 e. The first-order valence-electron chi connectivity index (χ1n) is 4.63. The molecule has 1 aliphatic heterocycles. The minimum Gasteiger partial charge on any atom is -0.145 e. The monoisotopic (exact) mass is 188 g/mol. The van der Waals surface area contributed by atoms with E-state index >= 15 is 0 Å². The van der Waals surface area contributed by atoms with Crippen molar-refractivity contribution >= 4 is 11.8 Å². The first kappa shape index (κ1) is 8.72. The van der Waals surface area contributed by atoms with Crippen LogP contribution in [0, 0.1) is 11.8 Å². The molecule has 1 unspecified atom stereocenters. The summed E-state index contributed by atoms with van der Waals surface area (Å²) in [5.41, 5.74) is 1.13. The van der Waals surface area contributed by atoms with Gasteiger partial charge in [0, 0.05) is 5.56 Å². The van der Waals surface area contributed by atoms with E-state index in [4.69, 9.17) is 0 Å². The van der Waals surface area contributed by atoms with Crippen molar-refractivity contribution in [2.75, 3.05) is 5.75 Å². The predicted molar refractivity (Wildman–Crippen MR) is 58.8 cm³/mol. The molecule has 0 amide bonds. The van der Waals surface area contributed by atoms with E-state index in [2.05, 4.69) is 24.0 Å². The van der Waals surface area contributed by atoms with Crippen molar-refractivity contribution in [3.63, 3.8) is 0 Å². The van der Waals surface area contributed by atoms with Gasteiger partial charge >= 0.3 is 0 Å². The maximum Gasteiger partial charge on any atom is 0.0661 e. The minimum atomic E-state index is 0.584. The van der Waals surface area contributed by atoms with Crippen molar-refractivity contribution in [3.8, 4) is 11.8 Å². The maximum absolute atomic E-state index is 3.31. The summed E-state index contributed by atoms with van der Waals surface area (Å²) in [6.45, 7) is 0. The Hall–Kier alpha value is -0.870. The summed E-state index contributed by atoms with van der Waals surface area (Å²) in [6, 6.07) is 10.2. The lowest BCUT2D eigenvalue weighted by atomic mass is 10.2. The molecule has 1 aliphatic rings. The van der Waals surface area contributed by atoms with Crippen molar-refractivity contribution in [1.82, 2.24) is 0 Å². The van der Waals surface area contributed by atoms with Gasteiger partial charge in [-0.15, -0.1) is 11.8 Å². The summed E-state index contributed by atoms with van der Waals surface area (Å²) in [5.74, 6) is 7.81. The Kier molecular flexibility index (Phi) is 2.94. The van der Waals surface area contributed by atoms with Crippen LogP contribution in [0.2, 0.25) is 0 Å². The zero-order chi connectivity index (χ0) is 8.93. The molecule has 0 nitrogen and oxygen atoms in total. The van der Waals surface area contributed by atoms with Gasteiger partial charge in [0.05, 0.1) is 5.25 Å². The molecule has 0 aromatic heterocycles. The Bertz CT molecular complexity index is 312. The lowest BCUT2D eigenvalue weighted by Gasteiger charge is -1.94. The fourth-order valence-corrected chi connectivity index (χ4v) is 2.47. The minimum absolute atomic E-state index is 0.584. The standard InChI is InChI=1S/C12H12S/c1-2-5-11(6-3-1)8-9-12-7-4-10-13-12/h1-3,5-6,12H,4,7,10H2. The fraction of sp³-hybridized carbons (Fsp3) is 0.333. The Morgan fingerprint density at radius 3 is 2.77 bits per heavy atom. The van der Waals surface area contributed by atoms with Crippen LogP contribution in [0.5, 0.6) is 0 Å². The van der Waals surface area contributed by atoms with Gasteiger partial charge in [0.2, 0.25) is 0 Å². The van der Waals surface area contributed by atoms with Crippen LogP contribution >= 0.6 is 11.8 Å². The molecule has 1 saturated heterocycles. The molecule has 0 bridgehead atoms. The van der Waals surface area contributed by atoms with E-state index in [-0.39, 0.29) is 0 Å². The number of thioether (sulfide) groups is 1. The van der Waals surface area contributed by atoms with Crippen molar-refractivity contribution in [3.05, 3.63) is 35.9 Å². The van der Waals surface area contributed by atoms with Crippen LogP contribution in [0.3, 0.4) is 0 Å². The molecule has 0 aliphatic carbocycles. The lowest BCUT2D eigenvalue weighted by molar-refractivity contribution is 0.894. The van der Waals surface area contributed by atoms with Crippen LogP contribution in [-0.4, -0.2) is 11.0 Å². The summed E-state index contributed by atoms with van der Waals surface area (Å²) in [5, 5.41) is 0.584. The second kappa shape index (κ2) is 4.39. The van der Waals surface area contributed by atoms with Crippen molar-refractivity contribution in [2.24, 2.45) is 0 Å². The van der Waals surface area contributed by atoms with E-state index in [1.54, 1.807) is 0 Å². The molecule has 2 rings (SSSR count). The van der Waals surface area contributed by atoms with Crippen LogP contribution in [0.4, 0.5) is 0 Å².